The minimum Gasteiger partial charge on any atom is -0.449 e. The highest BCUT2D eigenvalue weighted by Crippen LogP contribution is 2.69. The van der Waals surface area contributed by atoms with Gasteiger partial charge in [-0.3, -0.25) is 0 Å². The molecule has 5 fully saturated rings. The summed E-state index contributed by atoms with van der Waals surface area (Å²) in [6.45, 7) is 11.3. The highest BCUT2D eigenvalue weighted by molar-refractivity contribution is 7.90. The van der Waals surface area contributed by atoms with E-state index in [1.165, 1.54) is 12.1 Å². The maximum absolute atomic E-state index is 12.8. The van der Waals surface area contributed by atoms with Gasteiger partial charge in [0.1, 0.15) is 0 Å². The summed E-state index contributed by atoms with van der Waals surface area (Å²) < 4.78 is 33.3. The van der Waals surface area contributed by atoms with Crippen LogP contribution in [-0.4, -0.2) is 56.6 Å². The molecule has 9 heteroatoms. The molecule has 8 nitrogen and oxygen atoms in total. The van der Waals surface area contributed by atoms with Gasteiger partial charge in [0.05, 0.1) is 23.7 Å². The molecule has 1 amide bonds. The highest BCUT2D eigenvalue weighted by atomic mass is 32.2. The van der Waals surface area contributed by atoms with Crippen molar-refractivity contribution in [2.45, 2.75) is 103 Å². The van der Waals surface area contributed by atoms with E-state index in [2.05, 4.69) is 37.3 Å². The van der Waals surface area contributed by atoms with Crippen LogP contribution in [-0.2, 0) is 14.8 Å². The van der Waals surface area contributed by atoms with Gasteiger partial charge in [-0.15, -0.1) is 0 Å². The predicted octanol–water partition coefficient (Wildman–Crippen LogP) is 5.57. The number of hydrogen-bond donors (Lipinski definition) is 3. The van der Waals surface area contributed by atoms with Gasteiger partial charge < -0.3 is 19.8 Å². The van der Waals surface area contributed by atoms with Crippen LogP contribution in [0.4, 0.5) is 10.5 Å². The fraction of sp³-hybridized carbons (Fsp3) is 0.794. The highest BCUT2D eigenvalue weighted by Gasteiger charge is 2.65. The zero-order valence-electron chi connectivity index (χ0n) is 26.4. The van der Waals surface area contributed by atoms with Crippen LogP contribution in [0.25, 0.3) is 0 Å². The van der Waals surface area contributed by atoms with E-state index in [0.717, 1.165) is 76.6 Å². The maximum Gasteiger partial charge on any atom is 0.421 e. The fourth-order valence-corrected chi connectivity index (χ4v) is 11.8. The SMILES string of the molecule is CC[C@@H]1C2C[C@H](O)CCC2(C)C2CC[C@@]3(C)C(CCC3[C@H](C)COC(=O)NS(=O)(=O)c3ccc(N4CCC4)cc3)C2[C@@H]1O. The number of carbonyl (C=O) groups excluding carboxylic acids is 1. The van der Waals surface area contributed by atoms with E-state index in [-0.39, 0.29) is 52.3 Å². The molecule has 1 aromatic carbocycles. The van der Waals surface area contributed by atoms with Crippen LogP contribution in [0.5, 0.6) is 0 Å². The van der Waals surface area contributed by atoms with Crippen LogP contribution < -0.4 is 9.62 Å². The average molecular weight is 617 g/mol. The molecule has 11 atom stereocenters. The molecule has 4 aliphatic carbocycles. The van der Waals surface area contributed by atoms with Crippen molar-refractivity contribution >= 4 is 21.8 Å². The second kappa shape index (κ2) is 11.5. The number of aliphatic hydroxyl groups is 2. The van der Waals surface area contributed by atoms with E-state index < -0.39 is 16.1 Å². The molecule has 0 bridgehead atoms. The molecular formula is C34H52N2O6S. The number of aliphatic hydroxyl groups excluding tert-OH is 2. The van der Waals surface area contributed by atoms with E-state index in [1.807, 2.05) is 0 Å². The van der Waals surface area contributed by atoms with Gasteiger partial charge in [0.15, 0.2) is 0 Å². The normalized spacial score (nSPS) is 41.3. The largest absolute Gasteiger partial charge is 0.449 e. The summed E-state index contributed by atoms with van der Waals surface area (Å²) in [6.07, 6.45) is 7.56. The van der Waals surface area contributed by atoms with Gasteiger partial charge >= 0.3 is 6.09 Å². The lowest BCUT2D eigenvalue weighted by Crippen LogP contribution is -2.62. The lowest BCUT2D eigenvalue weighted by Gasteiger charge is -2.64. The quantitative estimate of drug-likeness (QED) is 0.367. The fourth-order valence-electron chi connectivity index (χ4n) is 10.9. The third-order valence-electron chi connectivity index (χ3n) is 13.2. The molecule has 4 saturated carbocycles. The van der Waals surface area contributed by atoms with Crippen molar-refractivity contribution in [1.82, 2.24) is 4.72 Å². The Morgan fingerprint density at radius 3 is 2.35 bits per heavy atom. The van der Waals surface area contributed by atoms with Crippen LogP contribution in [0.15, 0.2) is 29.2 Å². The van der Waals surface area contributed by atoms with Gasteiger partial charge in [0, 0.05) is 18.8 Å². The van der Waals surface area contributed by atoms with E-state index in [9.17, 15) is 23.4 Å². The summed E-state index contributed by atoms with van der Waals surface area (Å²) in [5, 5.41) is 22.4. The zero-order chi connectivity index (χ0) is 30.7. The Morgan fingerprint density at radius 2 is 1.70 bits per heavy atom. The van der Waals surface area contributed by atoms with E-state index in [0.29, 0.717) is 23.7 Å². The summed E-state index contributed by atoms with van der Waals surface area (Å²) in [5.74, 6) is 2.16. The number of ether oxygens (including phenoxy) is 1. The van der Waals surface area contributed by atoms with Crippen molar-refractivity contribution in [3.05, 3.63) is 24.3 Å². The molecule has 0 aromatic heterocycles. The number of fused-ring (bicyclic) bond motifs is 5. The van der Waals surface area contributed by atoms with Crippen molar-refractivity contribution < 1.29 is 28.2 Å². The van der Waals surface area contributed by atoms with Crippen molar-refractivity contribution in [1.29, 1.82) is 0 Å². The van der Waals surface area contributed by atoms with Gasteiger partial charge in [0.25, 0.3) is 10.0 Å². The molecular weight excluding hydrogens is 564 g/mol. The van der Waals surface area contributed by atoms with Crippen molar-refractivity contribution in [2.75, 3.05) is 24.6 Å². The van der Waals surface area contributed by atoms with Crippen LogP contribution in [0.1, 0.15) is 85.5 Å². The number of anilines is 1. The number of nitrogens with one attached hydrogen (secondary N) is 1. The summed E-state index contributed by atoms with van der Waals surface area (Å²) >= 11 is 0. The van der Waals surface area contributed by atoms with Gasteiger partial charge in [-0.05, 0) is 128 Å². The molecule has 3 N–H and O–H groups in total. The number of amides is 1. The first-order valence-corrected chi connectivity index (χ1v) is 18.3. The first kappa shape index (κ1) is 31.2. The summed E-state index contributed by atoms with van der Waals surface area (Å²) in [6, 6.07) is 6.61. The lowest BCUT2D eigenvalue weighted by atomic mass is 9.41. The lowest BCUT2D eigenvalue weighted by molar-refractivity contribution is -0.203. The predicted molar refractivity (Wildman–Crippen MR) is 166 cm³/mol. The second-order valence-electron chi connectivity index (χ2n) is 15.1. The maximum atomic E-state index is 12.8. The summed E-state index contributed by atoms with van der Waals surface area (Å²) in [4.78, 5) is 14.9. The number of nitrogens with zero attached hydrogens (tertiary/aromatic N) is 1. The Morgan fingerprint density at radius 1 is 1.02 bits per heavy atom. The van der Waals surface area contributed by atoms with Crippen molar-refractivity contribution in [2.24, 2.45) is 52.3 Å². The summed E-state index contributed by atoms with van der Waals surface area (Å²) in [5.41, 5.74) is 1.19. The average Bonchev–Trinajstić information content (AvgIpc) is 3.29. The monoisotopic (exact) mass is 616 g/mol. The van der Waals surface area contributed by atoms with Gasteiger partial charge in [-0.2, -0.15) is 0 Å². The molecule has 1 heterocycles. The van der Waals surface area contributed by atoms with E-state index in [1.54, 1.807) is 12.1 Å². The van der Waals surface area contributed by atoms with E-state index in [4.69, 9.17) is 4.74 Å². The Hall–Kier alpha value is -1.84. The number of carbonyl (C=O) groups is 1. The molecule has 240 valence electrons. The third-order valence-corrected chi connectivity index (χ3v) is 14.5. The van der Waals surface area contributed by atoms with Crippen molar-refractivity contribution in [3.63, 3.8) is 0 Å². The molecule has 43 heavy (non-hydrogen) atoms. The van der Waals surface area contributed by atoms with Crippen molar-refractivity contribution in [3.8, 4) is 0 Å². The van der Waals surface area contributed by atoms with Crippen LogP contribution in [0.3, 0.4) is 0 Å². The zero-order valence-corrected chi connectivity index (χ0v) is 27.2. The minimum atomic E-state index is -4.02. The minimum absolute atomic E-state index is 0.0430. The molecule has 0 spiro atoms. The number of rotatable bonds is 7. The Bertz CT molecular complexity index is 1280. The number of benzene rings is 1. The van der Waals surface area contributed by atoms with Crippen LogP contribution in [0.2, 0.25) is 0 Å². The first-order chi connectivity index (χ1) is 20.4. The van der Waals surface area contributed by atoms with Gasteiger partial charge in [-0.1, -0.05) is 34.1 Å². The van der Waals surface area contributed by atoms with E-state index >= 15 is 0 Å². The molecule has 1 aliphatic heterocycles. The number of sulfonamides is 1. The summed E-state index contributed by atoms with van der Waals surface area (Å²) in [7, 11) is -4.02. The molecule has 0 radical (unpaired) electrons. The molecule has 6 rings (SSSR count). The number of hydrogen-bond acceptors (Lipinski definition) is 7. The Labute approximate surface area is 258 Å². The molecule has 5 aliphatic rings. The molecule has 6 unspecified atom stereocenters. The first-order valence-electron chi connectivity index (χ1n) is 16.8. The third kappa shape index (κ3) is 5.29. The van der Waals surface area contributed by atoms with Crippen LogP contribution in [0, 0.1) is 52.3 Å². The second-order valence-corrected chi connectivity index (χ2v) is 16.8. The Balaban J connectivity index is 1.09. The van der Waals surface area contributed by atoms with Gasteiger partial charge in [-0.25, -0.2) is 17.9 Å². The standard InChI is InChI=1S/C34H52N2O6S/c1-5-25-29-19-23(37)13-15-34(29,4)28-14-16-33(3)26(11-12-27(33)30(28)31(25)38)21(2)20-42-32(39)35-43(40,41)24-9-7-22(8-10-24)36-17-6-18-36/h7-10,21,23,25-31,37-38H,5-6,11-20H2,1-4H3,(H,35,39)/t21-,23-,25-,26?,27?,28?,29?,30?,31-,33-,34?/m1/s1. The smallest absolute Gasteiger partial charge is 0.421 e. The topological polar surface area (TPSA) is 116 Å². The van der Waals surface area contributed by atoms with Gasteiger partial charge in [0.2, 0.25) is 0 Å². The van der Waals surface area contributed by atoms with Crippen LogP contribution >= 0.6 is 0 Å². The molecule has 1 saturated heterocycles. The molecule has 1 aromatic rings. The Kier molecular flexibility index (Phi) is 8.34.